The number of rotatable bonds is 6. The molecule has 2 rings (SSSR count). The molecule has 0 saturated heterocycles. The zero-order valence-electron chi connectivity index (χ0n) is 13.7. The van der Waals surface area contributed by atoms with Crippen LogP contribution >= 0.6 is 0 Å². The molecule has 0 heteroatoms. The van der Waals surface area contributed by atoms with Crippen LogP contribution in [0.25, 0.3) is 0 Å². The molecule has 0 spiro atoms. The van der Waals surface area contributed by atoms with E-state index in [1.54, 1.807) is 5.56 Å². The molecule has 0 aliphatic heterocycles. The van der Waals surface area contributed by atoms with Crippen molar-refractivity contribution in [2.75, 3.05) is 0 Å². The third-order valence-electron chi connectivity index (χ3n) is 5.27. The lowest BCUT2D eigenvalue weighted by Gasteiger charge is -2.39. The molecule has 0 aromatic heterocycles. The van der Waals surface area contributed by atoms with E-state index < -0.39 is 0 Å². The van der Waals surface area contributed by atoms with Crippen molar-refractivity contribution in [3.63, 3.8) is 0 Å². The van der Waals surface area contributed by atoms with Crippen LogP contribution in [0, 0.1) is 11.8 Å². The van der Waals surface area contributed by atoms with Gasteiger partial charge in [-0.3, -0.25) is 0 Å². The second-order valence-electron chi connectivity index (χ2n) is 7.31. The number of benzene rings is 1. The van der Waals surface area contributed by atoms with Crippen LogP contribution in [0.5, 0.6) is 0 Å². The van der Waals surface area contributed by atoms with Crippen LogP contribution in [0.4, 0.5) is 0 Å². The fraction of sp³-hybridized carbons (Fsp3) is 0.700. The fourth-order valence-electron chi connectivity index (χ4n) is 4.33. The maximum absolute atomic E-state index is 2.40. The highest BCUT2D eigenvalue weighted by Crippen LogP contribution is 2.43. The van der Waals surface area contributed by atoms with Crippen molar-refractivity contribution in [1.29, 1.82) is 0 Å². The summed E-state index contributed by atoms with van der Waals surface area (Å²) in [6.07, 6.45) is 11.3. The van der Waals surface area contributed by atoms with Crippen molar-refractivity contribution in [2.24, 2.45) is 11.8 Å². The Hall–Kier alpha value is -0.780. The van der Waals surface area contributed by atoms with Crippen molar-refractivity contribution in [2.45, 2.75) is 77.6 Å². The standard InChI is InChI=1S/C20H32/c1-4-20(15-17(2)3,19-13-9-6-10-14-19)16-18-11-7-5-8-12-18/h6,9-10,13-14,17-18H,4-5,7-8,11-12,15-16H2,1-3H3. The molecule has 1 atom stereocenters. The molecule has 20 heavy (non-hydrogen) atoms. The van der Waals surface area contributed by atoms with E-state index in [2.05, 4.69) is 51.1 Å². The highest BCUT2D eigenvalue weighted by molar-refractivity contribution is 5.25. The van der Waals surface area contributed by atoms with E-state index in [0.29, 0.717) is 5.41 Å². The first-order valence-electron chi connectivity index (χ1n) is 8.72. The van der Waals surface area contributed by atoms with E-state index in [1.165, 1.54) is 51.4 Å². The largest absolute Gasteiger partial charge is 0.0645 e. The van der Waals surface area contributed by atoms with Gasteiger partial charge < -0.3 is 0 Å². The van der Waals surface area contributed by atoms with Gasteiger partial charge in [0, 0.05) is 0 Å². The SMILES string of the molecule is CCC(CC(C)C)(CC1CCCCC1)c1ccccc1. The molecule has 1 fully saturated rings. The summed E-state index contributed by atoms with van der Waals surface area (Å²) in [4.78, 5) is 0. The summed E-state index contributed by atoms with van der Waals surface area (Å²) in [6.45, 7) is 7.17. The first kappa shape index (κ1) is 15.6. The Kier molecular flexibility index (Phi) is 5.69. The molecule has 112 valence electrons. The lowest BCUT2D eigenvalue weighted by atomic mass is 9.65. The molecule has 1 saturated carbocycles. The zero-order chi connectivity index (χ0) is 14.4. The maximum atomic E-state index is 2.40. The average molecular weight is 272 g/mol. The van der Waals surface area contributed by atoms with Crippen LogP contribution in [0.3, 0.4) is 0 Å². The van der Waals surface area contributed by atoms with Crippen molar-refractivity contribution < 1.29 is 0 Å². The molecule has 0 bridgehead atoms. The van der Waals surface area contributed by atoms with Gasteiger partial charge >= 0.3 is 0 Å². The second-order valence-corrected chi connectivity index (χ2v) is 7.31. The fourth-order valence-corrected chi connectivity index (χ4v) is 4.33. The second kappa shape index (κ2) is 7.29. The molecule has 1 unspecified atom stereocenters. The van der Waals surface area contributed by atoms with Crippen molar-refractivity contribution in [3.8, 4) is 0 Å². The lowest BCUT2D eigenvalue weighted by Crippen LogP contribution is -2.31. The van der Waals surface area contributed by atoms with E-state index in [1.807, 2.05) is 0 Å². The van der Waals surface area contributed by atoms with Crippen LogP contribution in [-0.2, 0) is 5.41 Å². The van der Waals surface area contributed by atoms with Gasteiger partial charge in [0.1, 0.15) is 0 Å². The molecule has 1 aromatic rings. The van der Waals surface area contributed by atoms with E-state index in [4.69, 9.17) is 0 Å². The Morgan fingerprint density at radius 3 is 2.25 bits per heavy atom. The molecular formula is C20H32. The first-order chi connectivity index (χ1) is 9.66. The Bertz CT molecular complexity index is 372. The zero-order valence-corrected chi connectivity index (χ0v) is 13.7. The smallest absolute Gasteiger partial charge is 0.00445 e. The Morgan fingerprint density at radius 2 is 1.70 bits per heavy atom. The lowest BCUT2D eigenvalue weighted by molar-refractivity contribution is 0.219. The predicted octanol–water partition coefficient (Wildman–Crippen LogP) is 6.35. The van der Waals surface area contributed by atoms with Gasteiger partial charge in [0.2, 0.25) is 0 Å². The van der Waals surface area contributed by atoms with Gasteiger partial charge in [0.25, 0.3) is 0 Å². The summed E-state index contributed by atoms with van der Waals surface area (Å²) in [5.74, 6) is 1.74. The maximum Gasteiger partial charge on any atom is -0.00445 e. The van der Waals surface area contributed by atoms with E-state index >= 15 is 0 Å². The monoisotopic (exact) mass is 272 g/mol. The van der Waals surface area contributed by atoms with Crippen LogP contribution in [0.15, 0.2) is 30.3 Å². The van der Waals surface area contributed by atoms with Gasteiger partial charge in [-0.15, -0.1) is 0 Å². The number of hydrogen-bond donors (Lipinski definition) is 0. The summed E-state index contributed by atoms with van der Waals surface area (Å²) in [5.41, 5.74) is 2.00. The molecule has 1 aliphatic rings. The summed E-state index contributed by atoms with van der Waals surface area (Å²) < 4.78 is 0. The highest BCUT2D eigenvalue weighted by Gasteiger charge is 2.34. The molecule has 0 radical (unpaired) electrons. The van der Waals surface area contributed by atoms with Gasteiger partial charge in [-0.25, -0.2) is 0 Å². The molecule has 1 aliphatic carbocycles. The van der Waals surface area contributed by atoms with Gasteiger partial charge in [-0.1, -0.05) is 83.2 Å². The Labute approximate surface area is 126 Å². The summed E-state index contributed by atoms with van der Waals surface area (Å²) in [7, 11) is 0. The van der Waals surface area contributed by atoms with Crippen molar-refractivity contribution in [1.82, 2.24) is 0 Å². The minimum atomic E-state index is 0.414. The van der Waals surface area contributed by atoms with Crippen molar-refractivity contribution in [3.05, 3.63) is 35.9 Å². The Morgan fingerprint density at radius 1 is 1.05 bits per heavy atom. The van der Waals surface area contributed by atoms with Crippen LogP contribution in [-0.4, -0.2) is 0 Å². The van der Waals surface area contributed by atoms with E-state index in [0.717, 1.165) is 11.8 Å². The molecular weight excluding hydrogens is 240 g/mol. The predicted molar refractivity (Wildman–Crippen MR) is 89.1 cm³/mol. The highest BCUT2D eigenvalue weighted by atomic mass is 14.4. The van der Waals surface area contributed by atoms with Gasteiger partial charge in [0.15, 0.2) is 0 Å². The molecule has 0 amide bonds. The normalized spacial score (nSPS) is 20.0. The van der Waals surface area contributed by atoms with Gasteiger partial charge in [0.05, 0.1) is 0 Å². The topological polar surface area (TPSA) is 0 Å². The van der Waals surface area contributed by atoms with Gasteiger partial charge in [-0.05, 0) is 42.1 Å². The van der Waals surface area contributed by atoms with Crippen molar-refractivity contribution >= 4 is 0 Å². The minimum absolute atomic E-state index is 0.414. The summed E-state index contributed by atoms with van der Waals surface area (Å²) >= 11 is 0. The average Bonchev–Trinajstić information content (AvgIpc) is 2.48. The third-order valence-corrected chi connectivity index (χ3v) is 5.27. The molecule has 0 N–H and O–H groups in total. The third kappa shape index (κ3) is 3.87. The van der Waals surface area contributed by atoms with E-state index in [9.17, 15) is 0 Å². The summed E-state index contributed by atoms with van der Waals surface area (Å²) in [6, 6.07) is 11.3. The quantitative estimate of drug-likeness (QED) is 0.566. The van der Waals surface area contributed by atoms with E-state index in [-0.39, 0.29) is 0 Å². The number of hydrogen-bond acceptors (Lipinski definition) is 0. The minimum Gasteiger partial charge on any atom is -0.0645 e. The summed E-state index contributed by atoms with van der Waals surface area (Å²) in [5, 5.41) is 0. The van der Waals surface area contributed by atoms with Crippen LogP contribution in [0.2, 0.25) is 0 Å². The van der Waals surface area contributed by atoms with Crippen LogP contribution < -0.4 is 0 Å². The first-order valence-corrected chi connectivity index (χ1v) is 8.72. The Balaban J connectivity index is 2.22. The van der Waals surface area contributed by atoms with Gasteiger partial charge in [-0.2, -0.15) is 0 Å². The van der Waals surface area contributed by atoms with Crippen LogP contribution in [0.1, 0.15) is 77.7 Å². The molecule has 1 aromatic carbocycles. The molecule has 0 heterocycles. The molecule has 0 nitrogen and oxygen atoms in total.